The van der Waals surface area contributed by atoms with Gasteiger partial charge in [-0.05, 0) is 71.4 Å². The Morgan fingerprint density at radius 3 is 1.39 bits per heavy atom. The lowest BCUT2D eigenvalue weighted by molar-refractivity contribution is 0.0686. The lowest BCUT2D eigenvalue weighted by Gasteiger charge is -2.07. The van der Waals surface area contributed by atoms with E-state index in [0.29, 0.717) is 22.2 Å². The van der Waals surface area contributed by atoms with E-state index in [0.717, 1.165) is 10.8 Å². The van der Waals surface area contributed by atoms with Crippen molar-refractivity contribution in [1.82, 2.24) is 9.97 Å². The van der Waals surface area contributed by atoms with Crippen LogP contribution in [0.3, 0.4) is 0 Å². The summed E-state index contributed by atoms with van der Waals surface area (Å²) in [6.45, 7) is 0. The largest absolute Gasteiger partial charge is 0.478 e. The van der Waals surface area contributed by atoms with E-state index >= 15 is 0 Å². The van der Waals surface area contributed by atoms with Crippen molar-refractivity contribution >= 4 is 44.5 Å². The minimum atomic E-state index is -1.16. The highest BCUT2D eigenvalue weighted by Crippen LogP contribution is 2.28. The summed E-state index contributed by atoms with van der Waals surface area (Å²) in [4.78, 5) is 56.2. The van der Waals surface area contributed by atoms with E-state index in [2.05, 4.69) is 9.97 Å². The molecule has 2 aromatic heterocycles. The number of carbonyl (C=O) groups is 2. The lowest BCUT2D eigenvalue weighted by atomic mass is 10.0. The van der Waals surface area contributed by atoms with Crippen molar-refractivity contribution in [3.05, 3.63) is 105 Å². The molecule has 10 nitrogen and oxygen atoms in total. The fraction of sp³-hybridized carbons (Fsp3) is 0. The monoisotopic (exact) mass is 506 g/mol. The maximum Gasteiger partial charge on any atom is 0.347 e. The molecule has 0 amide bonds. The van der Waals surface area contributed by atoms with E-state index in [1.807, 2.05) is 0 Å². The number of aromatic nitrogens is 2. The number of hydrogen-bond acceptors (Lipinski definition) is 8. The molecule has 0 saturated heterocycles. The van der Waals surface area contributed by atoms with Gasteiger partial charge in [0.25, 0.3) is 0 Å². The molecule has 6 rings (SSSR count). The molecule has 0 saturated carbocycles. The first-order chi connectivity index (χ1) is 18.3. The molecule has 184 valence electrons. The zero-order valence-electron chi connectivity index (χ0n) is 19.2. The number of nitrogens with zero attached hydrogens (tertiary/aromatic N) is 2. The molecule has 0 aliphatic carbocycles. The molecular formula is C28H14N2O8. The van der Waals surface area contributed by atoms with Crippen LogP contribution in [0.4, 0.5) is 0 Å². The minimum Gasteiger partial charge on any atom is -0.478 e. The Morgan fingerprint density at radius 2 is 1.00 bits per heavy atom. The van der Waals surface area contributed by atoms with Gasteiger partial charge in [0.1, 0.15) is 0 Å². The molecule has 0 spiro atoms. The van der Waals surface area contributed by atoms with Crippen molar-refractivity contribution in [3.8, 4) is 22.9 Å². The third kappa shape index (κ3) is 3.86. The summed E-state index contributed by atoms with van der Waals surface area (Å²) in [6.07, 6.45) is 0. The van der Waals surface area contributed by atoms with Crippen LogP contribution < -0.4 is 11.3 Å². The van der Waals surface area contributed by atoms with Crippen LogP contribution in [0, 0.1) is 0 Å². The van der Waals surface area contributed by atoms with Crippen LogP contribution in [0.25, 0.3) is 55.5 Å². The number of hydrogen-bond donors (Lipinski definition) is 2. The quantitative estimate of drug-likeness (QED) is 0.346. The summed E-state index contributed by atoms with van der Waals surface area (Å²) in [6, 6.07) is 18.7. The number of rotatable bonds is 4. The second-order valence-electron chi connectivity index (χ2n) is 8.46. The summed E-state index contributed by atoms with van der Waals surface area (Å²) in [7, 11) is 0. The Morgan fingerprint density at radius 1 is 0.579 bits per heavy atom. The second-order valence-corrected chi connectivity index (χ2v) is 8.46. The third-order valence-electron chi connectivity index (χ3n) is 6.08. The topological polar surface area (TPSA) is 161 Å². The molecule has 2 N–H and O–H groups in total. The van der Waals surface area contributed by atoms with Gasteiger partial charge in [0, 0.05) is 11.1 Å². The zero-order valence-corrected chi connectivity index (χ0v) is 19.2. The summed E-state index contributed by atoms with van der Waals surface area (Å²) in [5.74, 6) is -2.15. The first-order valence-electron chi connectivity index (χ1n) is 11.2. The van der Waals surface area contributed by atoms with Crippen LogP contribution in [0.15, 0.2) is 91.2 Å². The fourth-order valence-corrected chi connectivity index (χ4v) is 4.17. The molecule has 2 heterocycles. The molecule has 4 aromatic carbocycles. The van der Waals surface area contributed by atoms with Crippen molar-refractivity contribution in [3.63, 3.8) is 0 Å². The van der Waals surface area contributed by atoms with Gasteiger partial charge in [0.05, 0.1) is 32.9 Å². The van der Waals surface area contributed by atoms with Crippen molar-refractivity contribution in [2.75, 3.05) is 0 Å². The normalized spacial score (nSPS) is 11.3. The molecule has 0 fully saturated rings. The smallest absolute Gasteiger partial charge is 0.347 e. The van der Waals surface area contributed by atoms with Crippen molar-refractivity contribution in [2.24, 2.45) is 0 Å². The summed E-state index contributed by atoms with van der Waals surface area (Å²) >= 11 is 0. The minimum absolute atomic E-state index is 0.0393. The highest BCUT2D eigenvalue weighted by molar-refractivity contribution is 5.95. The van der Waals surface area contributed by atoms with Crippen LogP contribution in [-0.2, 0) is 0 Å². The highest BCUT2D eigenvalue weighted by Gasteiger charge is 2.14. The Kier molecular flexibility index (Phi) is 5.09. The molecule has 10 heteroatoms. The third-order valence-corrected chi connectivity index (χ3v) is 6.08. The molecular weight excluding hydrogens is 492 g/mol. The molecule has 0 unspecified atom stereocenters. The van der Waals surface area contributed by atoms with E-state index in [1.165, 1.54) is 36.4 Å². The highest BCUT2D eigenvalue weighted by atomic mass is 16.4. The average molecular weight is 506 g/mol. The van der Waals surface area contributed by atoms with Gasteiger partial charge in [-0.3, -0.25) is 0 Å². The molecule has 38 heavy (non-hydrogen) atoms. The molecule has 0 aliphatic heterocycles. The maximum atomic E-state index is 12.5. The lowest BCUT2D eigenvalue weighted by Crippen LogP contribution is -2.05. The SMILES string of the molecule is O=C(O)c1ccc2nc(-c3ccc4cc(-c5nc6ccc(C(=O)O)cc6c(=O)o5)ccc4c3)oc(=O)c2c1. The van der Waals surface area contributed by atoms with E-state index in [1.54, 1.807) is 36.4 Å². The summed E-state index contributed by atoms with van der Waals surface area (Å²) in [5.41, 5.74) is 0.222. The predicted octanol–water partition coefficient (Wildman–Crippen LogP) is 4.57. The van der Waals surface area contributed by atoms with Crippen molar-refractivity contribution in [1.29, 1.82) is 0 Å². The molecule has 0 aliphatic rings. The molecule has 0 radical (unpaired) electrons. The molecule has 6 aromatic rings. The van der Waals surface area contributed by atoms with Gasteiger partial charge in [0.15, 0.2) is 0 Å². The van der Waals surface area contributed by atoms with Gasteiger partial charge in [0.2, 0.25) is 11.8 Å². The van der Waals surface area contributed by atoms with Gasteiger partial charge < -0.3 is 19.0 Å². The van der Waals surface area contributed by atoms with Crippen LogP contribution in [0.1, 0.15) is 20.7 Å². The number of aromatic carboxylic acids is 2. The Bertz CT molecular complexity index is 1940. The number of benzene rings is 4. The molecule has 0 atom stereocenters. The Labute approximate surface area is 211 Å². The Hall–Kier alpha value is -5.64. The van der Waals surface area contributed by atoms with Crippen LogP contribution in [0.5, 0.6) is 0 Å². The van der Waals surface area contributed by atoms with E-state index in [4.69, 9.17) is 19.0 Å². The standard InChI is InChI=1S/C28H14N2O8/c31-25(32)17-5-7-21-19(11-17)27(35)37-23(29-21)15-3-1-13-9-16(4-2-14(13)10-15)24-30-22-8-6-18(26(33)34)12-20(22)28(36)38-24/h1-12H,(H,31,32)(H,33,34). The van der Waals surface area contributed by atoms with Gasteiger partial charge >= 0.3 is 23.2 Å². The summed E-state index contributed by atoms with van der Waals surface area (Å²) in [5, 5.41) is 20.0. The van der Waals surface area contributed by atoms with Crippen LogP contribution in [-0.4, -0.2) is 32.1 Å². The second kappa shape index (κ2) is 8.49. The van der Waals surface area contributed by atoms with Gasteiger partial charge in [-0.15, -0.1) is 0 Å². The zero-order chi connectivity index (χ0) is 26.6. The average Bonchev–Trinajstić information content (AvgIpc) is 2.91. The summed E-state index contributed by atoms with van der Waals surface area (Å²) < 4.78 is 10.7. The van der Waals surface area contributed by atoms with Gasteiger partial charge in [-0.1, -0.05) is 12.1 Å². The van der Waals surface area contributed by atoms with E-state index in [-0.39, 0.29) is 33.7 Å². The maximum absolute atomic E-state index is 12.5. The van der Waals surface area contributed by atoms with Crippen LogP contribution >= 0.6 is 0 Å². The van der Waals surface area contributed by atoms with E-state index < -0.39 is 23.2 Å². The fourth-order valence-electron chi connectivity index (χ4n) is 4.17. The first kappa shape index (κ1) is 22.8. The van der Waals surface area contributed by atoms with Gasteiger partial charge in [-0.2, -0.15) is 0 Å². The van der Waals surface area contributed by atoms with Crippen molar-refractivity contribution < 1.29 is 28.6 Å². The first-order valence-corrected chi connectivity index (χ1v) is 11.2. The number of carboxylic acid groups (broad SMARTS) is 2. The van der Waals surface area contributed by atoms with Crippen molar-refractivity contribution in [2.45, 2.75) is 0 Å². The predicted molar refractivity (Wildman–Crippen MR) is 136 cm³/mol. The number of fused-ring (bicyclic) bond motifs is 3. The number of carboxylic acids is 2. The molecule has 0 bridgehead atoms. The van der Waals surface area contributed by atoms with Crippen LogP contribution in [0.2, 0.25) is 0 Å². The Balaban J connectivity index is 1.39. The van der Waals surface area contributed by atoms with Gasteiger partial charge in [-0.25, -0.2) is 29.1 Å². The van der Waals surface area contributed by atoms with E-state index in [9.17, 15) is 19.2 Å².